The lowest BCUT2D eigenvalue weighted by Crippen LogP contribution is -2.59. The van der Waals surface area contributed by atoms with Crippen molar-refractivity contribution < 1.29 is 14.4 Å². The number of hydrogen-bond donors (Lipinski definition) is 2. The van der Waals surface area contributed by atoms with Crippen LogP contribution in [0, 0.1) is 11.8 Å². The van der Waals surface area contributed by atoms with Crippen molar-refractivity contribution in [2.24, 2.45) is 11.8 Å². The molecule has 2 aliphatic carbocycles. The smallest absolute Gasteiger partial charge is 0.263 e. The highest BCUT2D eigenvalue weighted by Gasteiger charge is 2.38. The average Bonchev–Trinajstić information content (AvgIpc) is 2.95. The monoisotopic (exact) mass is 568 g/mol. The van der Waals surface area contributed by atoms with Gasteiger partial charge in [-0.15, -0.1) is 0 Å². The summed E-state index contributed by atoms with van der Waals surface area (Å²) in [6.07, 6.45) is 15.6. The molecule has 3 amide bonds. The molecular weight excluding hydrogens is 516 g/mol. The number of aromatic nitrogens is 1. The predicted octanol–water partition coefficient (Wildman–Crippen LogP) is 4.75. The normalized spacial score (nSPS) is 20.5. The Bertz CT molecular complexity index is 1130. The molecular formula is C33H52N4O4. The van der Waals surface area contributed by atoms with Crippen LogP contribution in [-0.4, -0.2) is 52.4 Å². The lowest BCUT2D eigenvalue weighted by atomic mass is 9.88. The number of nitrogens with zero attached hydrogens (tertiary/aromatic N) is 2. The number of aryl methyl sites for hydroxylation is 1. The van der Waals surface area contributed by atoms with E-state index in [0.717, 1.165) is 81.9 Å². The van der Waals surface area contributed by atoms with Gasteiger partial charge in [0.2, 0.25) is 11.8 Å². The van der Waals surface area contributed by atoms with E-state index in [-0.39, 0.29) is 28.9 Å². The third kappa shape index (κ3) is 8.01. The zero-order valence-corrected chi connectivity index (χ0v) is 25.7. The Morgan fingerprint density at radius 1 is 0.951 bits per heavy atom. The lowest BCUT2D eigenvalue weighted by Gasteiger charge is -2.37. The fourth-order valence-electron chi connectivity index (χ4n) is 6.93. The highest BCUT2D eigenvalue weighted by molar-refractivity contribution is 5.99. The van der Waals surface area contributed by atoms with E-state index in [0.29, 0.717) is 32.1 Å². The summed E-state index contributed by atoms with van der Waals surface area (Å²) in [5.74, 6) is -0.473. The minimum Gasteiger partial charge on any atom is -0.356 e. The Morgan fingerprint density at radius 2 is 1.66 bits per heavy atom. The van der Waals surface area contributed by atoms with Crippen molar-refractivity contribution in [3.05, 3.63) is 33.2 Å². The molecule has 2 heterocycles. The molecule has 41 heavy (non-hydrogen) atoms. The van der Waals surface area contributed by atoms with Crippen molar-refractivity contribution in [1.82, 2.24) is 20.1 Å². The molecule has 1 aromatic heterocycles. The van der Waals surface area contributed by atoms with E-state index in [1.165, 1.54) is 25.7 Å². The minimum atomic E-state index is -1.21. The molecule has 2 N–H and O–H groups in total. The molecule has 0 spiro atoms. The van der Waals surface area contributed by atoms with Crippen LogP contribution < -0.4 is 16.2 Å². The second-order valence-corrected chi connectivity index (χ2v) is 13.2. The third-order valence-corrected chi connectivity index (χ3v) is 9.38. The predicted molar refractivity (Wildman–Crippen MR) is 162 cm³/mol. The highest BCUT2D eigenvalue weighted by atomic mass is 16.2. The molecule has 1 saturated heterocycles. The van der Waals surface area contributed by atoms with Gasteiger partial charge >= 0.3 is 0 Å². The fraction of sp³-hybridized carbons (Fsp3) is 0.758. The molecule has 228 valence electrons. The number of hydrogen-bond acceptors (Lipinski definition) is 4. The first-order valence-electron chi connectivity index (χ1n) is 16.4. The molecule has 0 aromatic carbocycles. The third-order valence-electron chi connectivity index (χ3n) is 9.38. The summed E-state index contributed by atoms with van der Waals surface area (Å²) >= 11 is 0. The molecule has 8 nitrogen and oxygen atoms in total. The zero-order chi connectivity index (χ0) is 29.4. The van der Waals surface area contributed by atoms with Gasteiger partial charge in [-0.05, 0) is 89.2 Å². The average molecular weight is 569 g/mol. The second kappa shape index (κ2) is 14.5. The van der Waals surface area contributed by atoms with Crippen LogP contribution in [0.2, 0.25) is 0 Å². The van der Waals surface area contributed by atoms with Crippen molar-refractivity contribution in [2.75, 3.05) is 19.6 Å². The number of carbonyl (C=O) groups excluding carboxylic acids is 3. The van der Waals surface area contributed by atoms with Crippen molar-refractivity contribution >= 4 is 17.7 Å². The van der Waals surface area contributed by atoms with Gasteiger partial charge in [0.15, 0.2) is 0 Å². The first-order chi connectivity index (χ1) is 19.7. The SMILES string of the molecule is CCCCNC(=O)C1CCCN(C(=O)C(C)(C)NC(=O)c2cc3c(n(CC4CCCCC4)c2=O)CCCCCC3)C1. The number of pyridine rings is 1. The second-order valence-electron chi connectivity index (χ2n) is 13.2. The van der Waals surface area contributed by atoms with Crippen molar-refractivity contribution in [3.63, 3.8) is 0 Å². The Hall–Kier alpha value is -2.64. The maximum Gasteiger partial charge on any atom is 0.263 e. The van der Waals surface area contributed by atoms with E-state index in [1.54, 1.807) is 18.7 Å². The summed E-state index contributed by atoms with van der Waals surface area (Å²) in [7, 11) is 0. The number of unbranched alkanes of at least 4 members (excludes halogenated alkanes) is 1. The van der Waals surface area contributed by atoms with Gasteiger partial charge in [-0.1, -0.05) is 45.4 Å². The van der Waals surface area contributed by atoms with E-state index in [4.69, 9.17) is 0 Å². The number of carbonyl (C=O) groups is 3. The molecule has 0 radical (unpaired) electrons. The number of amides is 3. The summed E-state index contributed by atoms with van der Waals surface area (Å²) in [4.78, 5) is 55.6. The van der Waals surface area contributed by atoms with Crippen LogP contribution in [0.4, 0.5) is 0 Å². The van der Waals surface area contributed by atoms with Crippen LogP contribution >= 0.6 is 0 Å². The van der Waals surface area contributed by atoms with Gasteiger partial charge in [-0.25, -0.2) is 0 Å². The summed E-state index contributed by atoms with van der Waals surface area (Å²) < 4.78 is 1.92. The quantitative estimate of drug-likeness (QED) is 0.420. The Balaban J connectivity index is 1.52. The Labute approximate surface area is 246 Å². The maximum atomic E-state index is 13.9. The van der Waals surface area contributed by atoms with Gasteiger partial charge in [0.25, 0.3) is 11.5 Å². The molecule has 1 aromatic rings. The first kappa shape index (κ1) is 31.3. The number of rotatable bonds is 9. The van der Waals surface area contributed by atoms with E-state index in [1.807, 2.05) is 10.6 Å². The molecule has 0 bridgehead atoms. The lowest BCUT2D eigenvalue weighted by molar-refractivity contribution is -0.140. The first-order valence-corrected chi connectivity index (χ1v) is 16.4. The van der Waals surface area contributed by atoms with Crippen molar-refractivity contribution in [3.8, 4) is 0 Å². The van der Waals surface area contributed by atoms with E-state index in [2.05, 4.69) is 17.6 Å². The summed E-state index contributed by atoms with van der Waals surface area (Å²) in [6, 6.07) is 1.81. The van der Waals surface area contributed by atoms with Gasteiger partial charge in [0.05, 0.1) is 5.92 Å². The summed E-state index contributed by atoms with van der Waals surface area (Å²) in [6.45, 7) is 7.73. The molecule has 3 aliphatic rings. The van der Waals surface area contributed by atoms with Gasteiger partial charge in [0.1, 0.15) is 11.1 Å². The maximum absolute atomic E-state index is 13.9. The number of likely N-dealkylation sites (tertiary alicyclic amines) is 1. The van der Waals surface area contributed by atoms with E-state index >= 15 is 0 Å². The molecule has 2 fully saturated rings. The highest BCUT2D eigenvalue weighted by Crippen LogP contribution is 2.27. The van der Waals surface area contributed by atoms with Crippen molar-refractivity contribution in [2.45, 2.75) is 129 Å². The van der Waals surface area contributed by atoms with E-state index in [9.17, 15) is 19.2 Å². The van der Waals surface area contributed by atoms with Crippen LogP contribution in [0.5, 0.6) is 0 Å². The zero-order valence-electron chi connectivity index (χ0n) is 25.7. The van der Waals surface area contributed by atoms with Crippen molar-refractivity contribution in [1.29, 1.82) is 0 Å². The van der Waals surface area contributed by atoms with Crippen LogP contribution in [0.3, 0.4) is 0 Å². The molecule has 4 rings (SSSR count). The van der Waals surface area contributed by atoms with Crippen LogP contribution in [0.25, 0.3) is 0 Å². The van der Waals surface area contributed by atoms with Gasteiger partial charge in [-0.2, -0.15) is 0 Å². The van der Waals surface area contributed by atoms with Crippen LogP contribution in [-0.2, 0) is 29.0 Å². The van der Waals surface area contributed by atoms with Gasteiger partial charge in [0, 0.05) is 31.9 Å². The number of nitrogens with one attached hydrogen (secondary N) is 2. The van der Waals surface area contributed by atoms with Crippen LogP contribution in [0.1, 0.15) is 126 Å². The summed E-state index contributed by atoms with van der Waals surface area (Å²) in [5.41, 5.74) is 0.944. The molecule has 1 aliphatic heterocycles. The van der Waals surface area contributed by atoms with E-state index < -0.39 is 11.4 Å². The Morgan fingerprint density at radius 3 is 2.39 bits per heavy atom. The summed E-state index contributed by atoms with van der Waals surface area (Å²) in [5, 5.41) is 5.91. The van der Waals surface area contributed by atoms with Crippen LogP contribution in [0.15, 0.2) is 10.9 Å². The number of piperidine rings is 1. The van der Waals surface area contributed by atoms with Gasteiger partial charge < -0.3 is 20.1 Å². The molecule has 1 atom stereocenters. The minimum absolute atomic E-state index is 0.00270. The number of fused-ring (bicyclic) bond motifs is 1. The van der Waals surface area contributed by atoms with Gasteiger partial charge in [-0.3, -0.25) is 19.2 Å². The standard InChI is InChI=1S/C33H52N4O4/c1-4-5-19-34-29(38)26-17-13-20-36(23-26)32(41)33(2,3)35-30(39)27-21-25-16-11-6-7-12-18-28(25)37(31(27)40)22-24-14-9-8-10-15-24/h21,24,26H,4-20,22-23H2,1-3H3,(H,34,38)(H,35,39). The molecule has 1 saturated carbocycles. The molecule has 8 heteroatoms. The largest absolute Gasteiger partial charge is 0.356 e. The Kier molecular flexibility index (Phi) is 11.1. The molecule has 1 unspecified atom stereocenters. The topological polar surface area (TPSA) is 101 Å². The fourth-order valence-corrected chi connectivity index (χ4v) is 6.93.